The number of aldehydes is 1. The first-order valence-electron chi connectivity index (χ1n) is 19.3. The molecule has 1 saturated carbocycles. The lowest BCUT2D eigenvalue weighted by molar-refractivity contribution is -0.133. The molecule has 310 valence electrons. The molecule has 1 aliphatic carbocycles. The summed E-state index contributed by atoms with van der Waals surface area (Å²) in [7, 11) is 5.17. The lowest BCUT2D eigenvalue weighted by atomic mass is 9.99. The first-order valence-corrected chi connectivity index (χ1v) is 19.3. The number of hydrogen-bond acceptors (Lipinski definition) is 12. The second kappa shape index (κ2) is 24.6. The second-order valence-corrected chi connectivity index (χ2v) is 13.9. The highest BCUT2D eigenvalue weighted by Gasteiger charge is 2.33. The molecule has 4 atom stereocenters. The molecule has 0 saturated heterocycles. The standard InChI is InChI=1S/C25H35N5O5.C10H15N3O3.C4H11N/c1-19-10-11-27-29(19)12-15-35-17-16-34-14-5-6-20-8-9-21-23(18-20)28(3)25(33)30(21)22(7-4-13-31)24(32)26-2;14-5-11-10-4-9(12-13-10)7-1-2-8(3-7)16-6-15;1-4(2)5-3/h8-11,13,18,22H,4-7,12,14-17H2,1-3H3,(H,26,32);4-9,12-13H,1-3H2,(H,11,14);4-5H,1-3H3. The summed E-state index contributed by atoms with van der Waals surface area (Å²) in [4.78, 5) is 56.7. The summed E-state index contributed by atoms with van der Waals surface area (Å²) in [5.41, 5.74) is 9.34. The van der Waals surface area contributed by atoms with Crippen LogP contribution in [0.3, 0.4) is 0 Å². The van der Waals surface area contributed by atoms with E-state index in [0.29, 0.717) is 62.6 Å². The summed E-state index contributed by atoms with van der Waals surface area (Å²) in [6.45, 7) is 9.77. The van der Waals surface area contributed by atoms with E-state index in [9.17, 15) is 24.0 Å². The van der Waals surface area contributed by atoms with Crippen molar-refractivity contribution < 1.29 is 33.4 Å². The summed E-state index contributed by atoms with van der Waals surface area (Å²) in [5, 5.41) is 12.4. The van der Waals surface area contributed by atoms with Crippen molar-refractivity contribution in [2.75, 3.05) is 40.5 Å². The Bertz CT molecular complexity index is 1750. The van der Waals surface area contributed by atoms with Gasteiger partial charge >= 0.3 is 5.69 Å². The molecule has 3 aromatic rings. The Balaban J connectivity index is 0.000000328. The Kier molecular flexibility index (Phi) is 20.0. The first kappa shape index (κ1) is 45.5. The van der Waals surface area contributed by atoms with Crippen LogP contribution in [0.25, 0.3) is 11.0 Å². The van der Waals surface area contributed by atoms with E-state index in [-0.39, 0.29) is 36.6 Å². The fourth-order valence-corrected chi connectivity index (χ4v) is 6.45. The molecule has 1 fully saturated rings. The lowest BCUT2D eigenvalue weighted by Crippen LogP contribution is -2.38. The van der Waals surface area contributed by atoms with Crippen molar-refractivity contribution in [2.24, 2.45) is 13.0 Å². The molecule has 17 heteroatoms. The number of amides is 2. The van der Waals surface area contributed by atoms with E-state index in [1.165, 1.54) is 11.6 Å². The maximum absolute atomic E-state index is 12.9. The normalized spacial score (nSPS) is 17.8. The zero-order valence-corrected chi connectivity index (χ0v) is 33.6. The number of imidazole rings is 1. The Morgan fingerprint density at radius 1 is 1.05 bits per heavy atom. The van der Waals surface area contributed by atoms with Crippen LogP contribution in [-0.2, 0) is 53.4 Å². The molecule has 0 spiro atoms. The first-order chi connectivity index (χ1) is 27.1. The van der Waals surface area contributed by atoms with Gasteiger partial charge in [-0.3, -0.25) is 28.2 Å². The van der Waals surface area contributed by atoms with Gasteiger partial charge in [0, 0.05) is 45.1 Å². The van der Waals surface area contributed by atoms with Crippen LogP contribution in [0.1, 0.15) is 69.7 Å². The number of aryl methyl sites for hydroxylation is 3. The van der Waals surface area contributed by atoms with Crippen LogP contribution in [-0.4, -0.2) is 103 Å². The van der Waals surface area contributed by atoms with Gasteiger partial charge in [0.25, 0.3) is 6.47 Å². The van der Waals surface area contributed by atoms with Crippen molar-refractivity contribution >= 4 is 36.1 Å². The third-order valence-corrected chi connectivity index (χ3v) is 9.77. The molecule has 5 N–H and O–H groups in total. The molecule has 1 aromatic carbocycles. The molecule has 2 aromatic heterocycles. The molecule has 2 aliphatic rings. The van der Waals surface area contributed by atoms with Crippen LogP contribution in [0.5, 0.6) is 0 Å². The molecule has 3 heterocycles. The van der Waals surface area contributed by atoms with E-state index in [1.807, 2.05) is 49.0 Å². The molecular weight excluding hydrogens is 722 g/mol. The van der Waals surface area contributed by atoms with Gasteiger partial charge in [0.2, 0.25) is 12.3 Å². The number of aromatic nitrogens is 4. The zero-order chi connectivity index (χ0) is 40.9. The van der Waals surface area contributed by atoms with E-state index in [0.717, 1.165) is 61.7 Å². The number of nitrogens with zero attached hydrogens (tertiary/aromatic N) is 4. The average molecular weight is 784 g/mol. The van der Waals surface area contributed by atoms with Crippen molar-refractivity contribution in [3.05, 3.63) is 64.1 Å². The molecule has 5 rings (SSSR count). The Hall–Kier alpha value is -4.84. The third-order valence-electron chi connectivity index (χ3n) is 9.77. The minimum absolute atomic E-state index is 0.0424. The smallest absolute Gasteiger partial charge is 0.329 e. The summed E-state index contributed by atoms with van der Waals surface area (Å²) >= 11 is 0. The van der Waals surface area contributed by atoms with Crippen LogP contribution < -0.4 is 32.5 Å². The highest BCUT2D eigenvalue weighted by molar-refractivity contribution is 5.84. The minimum Gasteiger partial charge on any atom is -0.465 e. The molecule has 2 amide bonds. The van der Waals surface area contributed by atoms with Gasteiger partial charge in [-0.1, -0.05) is 19.9 Å². The van der Waals surface area contributed by atoms with Gasteiger partial charge in [-0.05, 0) is 88.3 Å². The topological polar surface area (TPSA) is 201 Å². The fraction of sp³-hybridized carbons (Fsp3) is 0.590. The van der Waals surface area contributed by atoms with Gasteiger partial charge in [0.1, 0.15) is 24.3 Å². The summed E-state index contributed by atoms with van der Waals surface area (Å²) in [5.74, 6) is 0.825. The summed E-state index contributed by atoms with van der Waals surface area (Å²) < 4.78 is 21.2. The minimum atomic E-state index is -0.730. The highest BCUT2D eigenvalue weighted by Crippen LogP contribution is 2.31. The fourth-order valence-electron chi connectivity index (χ4n) is 6.45. The van der Waals surface area contributed by atoms with Crippen molar-refractivity contribution in [1.82, 2.24) is 45.7 Å². The molecule has 0 radical (unpaired) electrons. The Labute approximate surface area is 328 Å². The van der Waals surface area contributed by atoms with Crippen molar-refractivity contribution in [3.8, 4) is 0 Å². The van der Waals surface area contributed by atoms with E-state index in [1.54, 1.807) is 17.8 Å². The van der Waals surface area contributed by atoms with Gasteiger partial charge in [0.05, 0.1) is 43.4 Å². The number of hydrazine groups is 1. The largest absolute Gasteiger partial charge is 0.465 e. The summed E-state index contributed by atoms with van der Waals surface area (Å²) in [6, 6.07) is 7.88. The van der Waals surface area contributed by atoms with E-state index < -0.39 is 6.04 Å². The van der Waals surface area contributed by atoms with Gasteiger partial charge in [-0.2, -0.15) is 5.10 Å². The number of carbonyl (C=O) groups is 4. The molecule has 4 unspecified atom stereocenters. The number of nitrogens with one attached hydrogen (secondary N) is 5. The van der Waals surface area contributed by atoms with E-state index >= 15 is 0 Å². The van der Waals surface area contributed by atoms with Crippen LogP contribution in [0.2, 0.25) is 0 Å². The Morgan fingerprint density at radius 3 is 2.45 bits per heavy atom. The van der Waals surface area contributed by atoms with Crippen LogP contribution >= 0.6 is 0 Å². The second-order valence-electron chi connectivity index (χ2n) is 13.9. The number of fused-ring (bicyclic) bond motifs is 1. The van der Waals surface area contributed by atoms with Crippen LogP contribution in [0.15, 0.2) is 47.2 Å². The average Bonchev–Trinajstić information content (AvgIpc) is 4.01. The predicted molar refractivity (Wildman–Crippen MR) is 212 cm³/mol. The number of ether oxygens (including phenoxy) is 3. The predicted octanol–water partition coefficient (Wildman–Crippen LogP) is 1.78. The number of hydrogen-bond donors (Lipinski definition) is 5. The van der Waals surface area contributed by atoms with Gasteiger partial charge in [0.15, 0.2) is 0 Å². The Morgan fingerprint density at radius 2 is 1.80 bits per heavy atom. The highest BCUT2D eigenvalue weighted by atomic mass is 16.5. The molecular formula is C39H61N9O8. The van der Waals surface area contributed by atoms with E-state index in [2.05, 4.69) is 45.7 Å². The van der Waals surface area contributed by atoms with Crippen LogP contribution in [0.4, 0.5) is 0 Å². The van der Waals surface area contributed by atoms with E-state index in [4.69, 9.17) is 14.2 Å². The maximum atomic E-state index is 12.9. The van der Waals surface area contributed by atoms with Gasteiger partial charge < -0.3 is 40.4 Å². The van der Waals surface area contributed by atoms with Crippen molar-refractivity contribution in [3.63, 3.8) is 0 Å². The monoisotopic (exact) mass is 783 g/mol. The van der Waals surface area contributed by atoms with Gasteiger partial charge in [-0.15, -0.1) is 0 Å². The number of likely N-dealkylation sites (N-methyl/N-ethyl adjacent to an activating group) is 1. The van der Waals surface area contributed by atoms with Crippen LogP contribution in [0, 0.1) is 12.8 Å². The number of benzene rings is 1. The molecule has 17 nitrogen and oxygen atoms in total. The quantitative estimate of drug-likeness (QED) is 0.0777. The van der Waals surface area contributed by atoms with Crippen molar-refractivity contribution in [2.45, 2.75) is 96.5 Å². The zero-order valence-electron chi connectivity index (χ0n) is 33.6. The summed E-state index contributed by atoms with van der Waals surface area (Å²) in [6.07, 6.45) is 10.1. The molecule has 0 bridgehead atoms. The van der Waals surface area contributed by atoms with Gasteiger partial charge in [-0.25, -0.2) is 10.2 Å². The molecule has 1 aliphatic heterocycles. The molecule has 56 heavy (non-hydrogen) atoms. The van der Waals surface area contributed by atoms with Crippen molar-refractivity contribution in [1.29, 1.82) is 0 Å². The maximum Gasteiger partial charge on any atom is 0.329 e. The lowest BCUT2D eigenvalue weighted by Gasteiger charge is -2.16. The third kappa shape index (κ3) is 14.0. The number of rotatable bonds is 21. The SMILES string of the molecule is CNC(=O)C(CCC=O)n1c(=O)n(C)c2cc(CCCOCCOCCn3nccc3C)ccc21.CNC(C)C.O=CNC1=CC(C2CCC(OC=O)C2)NN1. The number of carbonyl (C=O) groups excluding carboxylic acids is 4.